The second-order valence-corrected chi connectivity index (χ2v) is 8.67. The van der Waals surface area contributed by atoms with E-state index in [9.17, 15) is 9.59 Å². The van der Waals surface area contributed by atoms with Crippen LogP contribution in [-0.2, 0) is 9.59 Å². The summed E-state index contributed by atoms with van der Waals surface area (Å²) in [5, 5.41) is 3.49. The zero-order chi connectivity index (χ0) is 24.7. The molecule has 0 bridgehead atoms. The predicted molar refractivity (Wildman–Crippen MR) is 135 cm³/mol. The summed E-state index contributed by atoms with van der Waals surface area (Å²) in [5.41, 5.74) is 2.32. The number of carbonyl (C=O) groups excluding carboxylic acids is 2. The van der Waals surface area contributed by atoms with Crippen molar-refractivity contribution in [2.45, 2.75) is 20.3 Å². The molecule has 1 N–H and O–H groups in total. The molecule has 1 heterocycles. The van der Waals surface area contributed by atoms with Crippen LogP contribution in [0.15, 0.2) is 67.4 Å². The summed E-state index contributed by atoms with van der Waals surface area (Å²) in [6.45, 7) is 7.83. The topological polar surface area (TPSA) is 76.5 Å². The van der Waals surface area contributed by atoms with E-state index in [1.54, 1.807) is 29.9 Å². The Bertz CT molecular complexity index is 1140. The van der Waals surface area contributed by atoms with Crippen molar-refractivity contribution < 1.29 is 14.3 Å². The highest BCUT2D eigenvalue weighted by Crippen LogP contribution is 2.26. The number of hydrogen-bond acceptors (Lipinski definition) is 4. The van der Waals surface area contributed by atoms with Gasteiger partial charge < -0.3 is 9.64 Å². The molecular formula is C26H29ClN4O3. The van der Waals surface area contributed by atoms with Crippen LogP contribution in [0.4, 0.5) is 5.95 Å². The number of ether oxygens (including phenoxy) is 1. The summed E-state index contributed by atoms with van der Waals surface area (Å²) in [6.07, 6.45) is 3.82. The molecule has 7 nitrogen and oxygen atoms in total. The third-order valence-electron chi connectivity index (χ3n) is 5.07. The van der Waals surface area contributed by atoms with Gasteiger partial charge in [-0.2, -0.15) is 0 Å². The Morgan fingerprint density at radius 1 is 1.18 bits per heavy atom. The van der Waals surface area contributed by atoms with Gasteiger partial charge in [0.1, 0.15) is 12.3 Å². The minimum absolute atomic E-state index is 0.0922. The standard InChI is InChI=1S/C26H29ClN4O3/c1-5-14-30(25(33)15-18(2)3)17-24(32)29-26-28-23(19-6-8-20(27)9-7-19)16-31(26)21-10-12-22(34-4)13-11-21/h5-13,16,18H,1,14-15,17H2,2-4H3,(H,28,29,32). The molecule has 8 heteroatoms. The molecule has 0 aliphatic heterocycles. The Hall–Kier alpha value is -3.58. The summed E-state index contributed by atoms with van der Waals surface area (Å²) >= 11 is 6.03. The Morgan fingerprint density at radius 2 is 1.85 bits per heavy atom. The molecule has 0 saturated heterocycles. The summed E-state index contributed by atoms with van der Waals surface area (Å²) < 4.78 is 7.04. The fourth-order valence-corrected chi connectivity index (χ4v) is 3.52. The lowest BCUT2D eigenvalue weighted by molar-refractivity contribution is -0.134. The lowest BCUT2D eigenvalue weighted by Gasteiger charge is -2.21. The Labute approximate surface area is 205 Å². The van der Waals surface area contributed by atoms with Gasteiger partial charge in [-0.05, 0) is 42.3 Å². The van der Waals surface area contributed by atoms with Gasteiger partial charge in [-0.15, -0.1) is 6.58 Å². The maximum Gasteiger partial charge on any atom is 0.246 e. The summed E-state index contributed by atoms with van der Waals surface area (Å²) in [7, 11) is 1.60. The summed E-state index contributed by atoms with van der Waals surface area (Å²) in [5.74, 6) is 0.817. The fraction of sp³-hybridized carbons (Fsp3) is 0.269. The van der Waals surface area contributed by atoms with Gasteiger partial charge in [0, 0.05) is 35.4 Å². The normalized spacial score (nSPS) is 10.7. The number of carbonyl (C=O) groups is 2. The third-order valence-corrected chi connectivity index (χ3v) is 5.32. The van der Waals surface area contributed by atoms with Crippen LogP contribution < -0.4 is 10.1 Å². The van der Waals surface area contributed by atoms with Gasteiger partial charge in [0.25, 0.3) is 0 Å². The average molecular weight is 481 g/mol. The lowest BCUT2D eigenvalue weighted by atomic mass is 10.1. The largest absolute Gasteiger partial charge is 0.497 e. The summed E-state index contributed by atoms with van der Waals surface area (Å²) in [4.78, 5) is 31.6. The molecule has 34 heavy (non-hydrogen) atoms. The van der Waals surface area contributed by atoms with E-state index in [0.717, 1.165) is 17.0 Å². The van der Waals surface area contributed by atoms with Crippen molar-refractivity contribution in [3.63, 3.8) is 0 Å². The second-order valence-electron chi connectivity index (χ2n) is 8.23. The van der Waals surface area contributed by atoms with Gasteiger partial charge >= 0.3 is 0 Å². The lowest BCUT2D eigenvalue weighted by Crippen LogP contribution is -2.38. The minimum atomic E-state index is -0.345. The fourth-order valence-electron chi connectivity index (χ4n) is 3.39. The Morgan fingerprint density at radius 3 is 2.44 bits per heavy atom. The molecule has 1 aromatic heterocycles. The molecule has 0 unspecified atom stereocenters. The number of rotatable bonds is 10. The van der Waals surface area contributed by atoms with Crippen molar-refractivity contribution in [2.75, 3.05) is 25.5 Å². The number of amides is 2. The first-order valence-electron chi connectivity index (χ1n) is 11.0. The van der Waals surface area contributed by atoms with Gasteiger partial charge in [-0.1, -0.05) is 43.7 Å². The first-order valence-corrected chi connectivity index (χ1v) is 11.4. The van der Waals surface area contributed by atoms with E-state index in [2.05, 4.69) is 16.9 Å². The van der Waals surface area contributed by atoms with Crippen LogP contribution in [0.25, 0.3) is 16.9 Å². The molecule has 0 aliphatic rings. The first kappa shape index (κ1) is 25.1. The van der Waals surface area contributed by atoms with Crippen LogP contribution >= 0.6 is 11.6 Å². The van der Waals surface area contributed by atoms with Crippen molar-refractivity contribution >= 4 is 29.4 Å². The Kier molecular flexibility index (Phi) is 8.49. The van der Waals surface area contributed by atoms with Gasteiger partial charge in [0.05, 0.1) is 12.8 Å². The Balaban J connectivity index is 1.89. The molecule has 0 radical (unpaired) electrons. The number of halogens is 1. The van der Waals surface area contributed by atoms with E-state index in [0.29, 0.717) is 29.6 Å². The van der Waals surface area contributed by atoms with E-state index in [4.69, 9.17) is 16.3 Å². The third kappa shape index (κ3) is 6.48. The monoisotopic (exact) mass is 480 g/mol. The molecular weight excluding hydrogens is 452 g/mol. The highest BCUT2D eigenvalue weighted by Gasteiger charge is 2.19. The van der Waals surface area contributed by atoms with Gasteiger partial charge in [-0.3, -0.25) is 19.5 Å². The molecule has 3 rings (SSSR count). The van der Waals surface area contributed by atoms with Crippen LogP contribution in [-0.4, -0.2) is 46.5 Å². The van der Waals surface area contributed by atoms with Crippen LogP contribution in [0, 0.1) is 5.92 Å². The first-order chi connectivity index (χ1) is 16.3. The van der Waals surface area contributed by atoms with Crippen molar-refractivity contribution in [1.29, 1.82) is 0 Å². The average Bonchev–Trinajstić information content (AvgIpc) is 3.22. The van der Waals surface area contributed by atoms with Crippen molar-refractivity contribution in [3.8, 4) is 22.7 Å². The van der Waals surface area contributed by atoms with Gasteiger partial charge in [-0.25, -0.2) is 4.98 Å². The molecule has 0 saturated carbocycles. The maximum absolute atomic E-state index is 12.9. The van der Waals surface area contributed by atoms with E-state index < -0.39 is 0 Å². The highest BCUT2D eigenvalue weighted by molar-refractivity contribution is 6.30. The molecule has 3 aromatic rings. The molecule has 178 valence electrons. The van der Waals surface area contributed by atoms with Crippen molar-refractivity contribution in [1.82, 2.24) is 14.5 Å². The van der Waals surface area contributed by atoms with Gasteiger partial charge in [0.15, 0.2) is 0 Å². The maximum atomic E-state index is 12.9. The number of imidazole rings is 1. The molecule has 0 fully saturated rings. The molecule has 2 aromatic carbocycles. The number of anilines is 1. The van der Waals surface area contributed by atoms with Crippen molar-refractivity contribution in [3.05, 3.63) is 72.4 Å². The van der Waals surface area contributed by atoms with Crippen LogP contribution in [0.1, 0.15) is 20.3 Å². The number of hydrogen-bond donors (Lipinski definition) is 1. The van der Waals surface area contributed by atoms with E-state index in [1.165, 1.54) is 4.90 Å². The number of benzene rings is 2. The minimum Gasteiger partial charge on any atom is -0.497 e. The molecule has 0 spiro atoms. The predicted octanol–water partition coefficient (Wildman–Crippen LogP) is 5.20. The van der Waals surface area contributed by atoms with Crippen LogP contribution in [0.2, 0.25) is 5.02 Å². The van der Waals surface area contributed by atoms with E-state index in [-0.39, 0.29) is 24.3 Å². The SMILES string of the molecule is C=CCN(CC(=O)Nc1nc(-c2ccc(Cl)cc2)cn1-c1ccc(OC)cc1)C(=O)CC(C)C. The van der Waals surface area contributed by atoms with E-state index in [1.807, 2.05) is 56.4 Å². The number of nitrogens with zero attached hydrogens (tertiary/aromatic N) is 3. The van der Waals surface area contributed by atoms with E-state index >= 15 is 0 Å². The number of methoxy groups -OCH3 is 1. The number of nitrogens with one attached hydrogen (secondary N) is 1. The molecule has 0 atom stereocenters. The van der Waals surface area contributed by atoms with Gasteiger partial charge in [0.2, 0.25) is 17.8 Å². The van der Waals surface area contributed by atoms with Crippen LogP contribution in [0.5, 0.6) is 5.75 Å². The zero-order valence-electron chi connectivity index (χ0n) is 19.6. The highest BCUT2D eigenvalue weighted by atomic mass is 35.5. The quantitative estimate of drug-likeness (QED) is 0.404. The second kappa shape index (κ2) is 11.5. The smallest absolute Gasteiger partial charge is 0.246 e. The van der Waals surface area contributed by atoms with Crippen molar-refractivity contribution in [2.24, 2.45) is 5.92 Å². The zero-order valence-corrected chi connectivity index (χ0v) is 20.4. The van der Waals surface area contributed by atoms with Crippen LogP contribution in [0.3, 0.4) is 0 Å². The molecule has 2 amide bonds. The summed E-state index contributed by atoms with van der Waals surface area (Å²) in [6, 6.07) is 14.7. The number of aromatic nitrogens is 2. The molecule has 0 aliphatic carbocycles.